The molecule has 0 aromatic carbocycles. The van der Waals surface area contributed by atoms with Crippen molar-refractivity contribution in [3.63, 3.8) is 0 Å². The second-order valence-corrected chi connectivity index (χ2v) is 5.30. The molecule has 1 aliphatic rings. The molecule has 0 aliphatic carbocycles. The largest absolute Gasteiger partial charge is 0.379 e. The lowest BCUT2D eigenvalue weighted by Gasteiger charge is -2.17. The van der Waals surface area contributed by atoms with Gasteiger partial charge in [-0.25, -0.2) is 0 Å². The van der Waals surface area contributed by atoms with Gasteiger partial charge in [0, 0.05) is 30.9 Å². The maximum Gasteiger partial charge on any atom is 0.227 e. The van der Waals surface area contributed by atoms with E-state index in [1.165, 1.54) is 0 Å². The van der Waals surface area contributed by atoms with E-state index >= 15 is 0 Å². The molecule has 2 N–H and O–H groups in total. The number of rotatable bonds is 5. The van der Waals surface area contributed by atoms with Crippen LogP contribution in [0.15, 0.2) is 0 Å². The Balaban J connectivity index is 1.95. The van der Waals surface area contributed by atoms with E-state index in [-0.39, 0.29) is 17.9 Å². The van der Waals surface area contributed by atoms with Gasteiger partial charge in [0.1, 0.15) is 0 Å². The van der Waals surface area contributed by atoms with Crippen molar-refractivity contribution in [3.8, 4) is 0 Å². The highest BCUT2D eigenvalue weighted by Gasteiger charge is 2.33. The molecule has 1 amide bonds. The first-order valence-corrected chi connectivity index (χ1v) is 7.12. The summed E-state index contributed by atoms with van der Waals surface area (Å²) in [6.07, 6.45) is 0. The van der Waals surface area contributed by atoms with Gasteiger partial charge in [-0.05, 0) is 20.4 Å². The third-order valence-corrected chi connectivity index (χ3v) is 3.98. The molecule has 0 saturated carbocycles. The highest BCUT2D eigenvalue weighted by Crippen LogP contribution is 2.15. The minimum Gasteiger partial charge on any atom is -0.379 e. The Hall–Kier alpha value is -1.40. The average molecular weight is 280 g/mol. The number of nitrogens with one attached hydrogen (secondary N) is 2. The van der Waals surface area contributed by atoms with Crippen LogP contribution in [0.25, 0.3) is 0 Å². The molecule has 2 heterocycles. The van der Waals surface area contributed by atoms with Crippen molar-refractivity contribution in [3.05, 3.63) is 17.0 Å². The molecule has 1 aromatic rings. The van der Waals surface area contributed by atoms with Gasteiger partial charge in [0.2, 0.25) is 5.91 Å². The number of ether oxygens (including phenoxy) is 1. The van der Waals surface area contributed by atoms with Crippen molar-refractivity contribution in [2.24, 2.45) is 13.0 Å². The van der Waals surface area contributed by atoms with Crippen LogP contribution in [0, 0.1) is 19.8 Å². The lowest BCUT2D eigenvalue weighted by Crippen LogP contribution is -2.43. The minimum absolute atomic E-state index is 0.0519. The van der Waals surface area contributed by atoms with Gasteiger partial charge in [0.15, 0.2) is 0 Å². The van der Waals surface area contributed by atoms with Crippen LogP contribution in [0.5, 0.6) is 0 Å². The maximum absolute atomic E-state index is 12.3. The fraction of sp³-hybridized carbons (Fsp3) is 0.714. The lowest BCUT2D eigenvalue weighted by molar-refractivity contribution is -0.125. The number of nitrogens with zero attached hydrogens (tertiary/aromatic N) is 2. The summed E-state index contributed by atoms with van der Waals surface area (Å²) in [6, 6.07) is 0.121. The Labute approximate surface area is 119 Å². The molecule has 112 valence electrons. The highest BCUT2D eigenvalue weighted by atomic mass is 16.5. The van der Waals surface area contributed by atoms with Gasteiger partial charge in [0.05, 0.1) is 24.8 Å². The molecule has 6 nitrogen and oxygen atoms in total. The summed E-state index contributed by atoms with van der Waals surface area (Å²) in [7, 11) is 1.92. The molecule has 2 atom stereocenters. The normalized spacial score (nSPS) is 22.2. The number of aromatic nitrogens is 2. The second kappa shape index (κ2) is 6.37. The number of hydrogen-bond acceptors (Lipinski definition) is 4. The first-order valence-electron chi connectivity index (χ1n) is 7.12. The minimum atomic E-state index is -0.104. The molecule has 2 unspecified atom stereocenters. The fourth-order valence-electron chi connectivity index (χ4n) is 2.66. The quantitative estimate of drug-likeness (QED) is 0.813. The van der Waals surface area contributed by atoms with Crippen molar-refractivity contribution in [2.45, 2.75) is 33.4 Å². The SMILES string of the molecule is CCNC1COCC1C(=O)NCc1c(C)nn(C)c1C. The van der Waals surface area contributed by atoms with E-state index in [4.69, 9.17) is 4.74 Å². The first kappa shape index (κ1) is 15.0. The summed E-state index contributed by atoms with van der Waals surface area (Å²) in [4.78, 5) is 12.3. The Kier molecular flexibility index (Phi) is 4.77. The maximum atomic E-state index is 12.3. The third-order valence-electron chi connectivity index (χ3n) is 3.98. The number of carbonyl (C=O) groups is 1. The van der Waals surface area contributed by atoms with Gasteiger partial charge in [0.25, 0.3) is 0 Å². The molecule has 20 heavy (non-hydrogen) atoms. The number of hydrogen-bond donors (Lipinski definition) is 2. The molecule has 1 fully saturated rings. The Morgan fingerprint density at radius 3 is 2.80 bits per heavy atom. The Morgan fingerprint density at radius 2 is 2.20 bits per heavy atom. The van der Waals surface area contributed by atoms with Crippen molar-refractivity contribution in [2.75, 3.05) is 19.8 Å². The van der Waals surface area contributed by atoms with Crippen molar-refractivity contribution >= 4 is 5.91 Å². The summed E-state index contributed by atoms with van der Waals surface area (Å²) < 4.78 is 7.25. The van der Waals surface area contributed by atoms with Gasteiger partial charge in [-0.1, -0.05) is 6.92 Å². The monoisotopic (exact) mass is 280 g/mol. The zero-order valence-electron chi connectivity index (χ0n) is 12.7. The van der Waals surface area contributed by atoms with Crippen LogP contribution in [-0.4, -0.2) is 41.5 Å². The van der Waals surface area contributed by atoms with E-state index in [0.717, 1.165) is 23.5 Å². The van der Waals surface area contributed by atoms with Crippen molar-refractivity contribution in [1.29, 1.82) is 0 Å². The predicted octanol–water partition coefficient (Wildman–Crippen LogP) is 0.278. The van der Waals surface area contributed by atoms with Gasteiger partial charge in [-0.3, -0.25) is 9.48 Å². The Bertz CT molecular complexity index is 484. The number of carbonyl (C=O) groups excluding carboxylic acids is 1. The number of likely N-dealkylation sites (N-methyl/N-ethyl adjacent to an activating group) is 1. The zero-order chi connectivity index (χ0) is 14.7. The topological polar surface area (TPSA) is 68.2 Å². The molecule has 0 spiro atoms. The average Bonchev–Trinajstić information content (AvgIpc) is 2.95. The van der Waals surface area contributed by atoms with Crippen LogP contribution in [-0.2, 0) is 23.1 Å². The highest BCUT2D eigenvalue weighted by molar-refractivity contribution is 5.79. The summed E-state index contributed by atoms with van der Waals surface area (Å²) in [5.74, 6) is -0.0525. The van der Waals surface area contributed by atoms with Gasteiger partial charge in [-0.2, -0.15) is 5.10 Å². The fourth-order valence-corrected chi connectivity index (χ4v) is 2.66. The van der Waals surface area contributed by atoms with Gasteiger partial charge >= 0.3 is 0 Å². The summed E-state index contributed by atoms with van der Waals surface area (Å²) >= 11 is 0. The molecule has 0 radical (unpaired) electrons. The van der Waals surface area contributed by atoms with E-state index in [1.807, 2.05) is 32.5 Å². The first-order chi connectivity index (χ1) is 9.54. The molecule has 1 saturated heterocycles. The van der Waals surface area contributed by atoms with Crippen molar-refractivity contribution in [1.82, 2.24) is 20.4 Å². The molecule has 2 rings (SSSR count). The van der Waals surface area contributed by atoms with E-state index in [2.05, 4.69) is 15.7 Å². The van der Waals surface area contributed by atoms with Crippen LogP contribution >= 0.6 is 0 Å². The summed E-state index contributed by atoms with van der Waals surface area (Å²) in [5.41, 5.74) is 3.16. The van der Waals surface area contributed by atoms with Crippen LogP contribution in [0.4, 0.5) is 0 Å². The van der Waals surface area contributed by atoms with Crippen LogP contribution in [0.3, 0.4) is 0 Å². The third kappa shape index (κ3) is 3.02. The smallest absolute Gasteiger partial charge is 0.227 e. The molecule has 6 heteroatoms. The van der Waals surface area contributed by atoms with E-state index in [1.54, 1.807) is 0 Å². The summed E-state index contributed by atoms with van der Waals surface area (Å²) in [5, 5.41) is 10.7. The van der Waals surface area contributed by atoms with Gasteiger partial charge < -0.3 is 15.4 Å². The zero-order valence-corrected chi connectivity index (χ0v) is 12.7. The van der Waals surface area contributed by atoms with Crippen LogP contribution in [0.1, 0.15) is 23.9 Å². The van der Waals surface area contributed by atoms with E-state index < -0.39 is 0 Å². The second-order valence-electron chi connectivity index (χ2n) is 5.30. The Morgan fingerprint density at radius 1 is 1.45 bits per heavy atom. The van der Waals surface area contributed by atoms with Crippen molar-refractivity contribution < 1.29 is 9.53 Å². The predicted molar refractivity (Wildman–Crippen MR) is 76.3 cm³/mol. The summed E-state index contributed by atoms with van der Waals surface area (Å²) in [6.45, 7) is 8.50. The molecular formula is C14H24N4O2. The molecule has 0 bridgehead atoms. The number of amides is 1. The van der Waals surface area contributed by atoms with Gasteiger partial charge in [-0.15, -0.1) is 0 Å². The van der Waals surface area contributed by atoms with Crippen LogP contribution in [0.2, 0.25) is 0 Å². The van der Waals surface area contributed by atoms with E-state index in [0.29, 0.717) is 19.8 Å². The molecular weight excluding hydrogens is 256 g/mol. The standard InChI is InChI=1S/C14H24N4O2/c1-5-15-13-8-20-7-12(13)14(19)16-6-11-9(2)17-18(4)10(11)3/h12-13,15H,5-8H2,1-4H3,(H,16,19). The number of aryl methyl sites for hydroxylation is 2. The molecule has 1 aromatic heterocycles. The lowest BCUT2D eigenvalue weighted by atomic mass is 10.0. The van der Waals surface area contributed by atoms with E-state index in [9.17, 15) is 4.79 Å². The molecule has 1 aliphatic heterocycles. The van der Waals surface area contributed by atoms with Crippen LogP contribution < -0.4 is 10.6 Å².